The van der Waals surface area contributed by atoms with E-state index in [9.17, 15) is 0 Å². The lowest BCUT2D eigenvalue weighted by atomic mass is 9.98. The van der Waals surface area contributed by atoms with Crippen LogP contribution in [0.4, 0.5) is 0 Å². The van der Waals surface area contributed by atoms with Crippen LogP contribution in [0.5, 0.6) is 0 Å². The third-order valence-corrected chi connectivity index (χ3v) is 5.24. The number of likely N-dealkylation sites (N-methyl/N-ethyl adjacent to an activating group) is 1. The van der Waals surface area contributed by atoms with Crippen LogP contribution in [0.25, 0.3) is 0 Å². The van der Waals surface area contributed by atoms with Crippen molar-refractivity contribution in [3.05, 3.63) is 55.7 Å². The number of nitrogens with one attached hydrogen (secondary N) is 1. The Hall–Kier alpha value is -0.680. The van der Waals surface area contributed by atoms with Gasteiger partial charge in [0, 0.05) is 27.2 Å². The third kappa shape index (κ3) is 2.92. The molecule has 100 valence electrons. The smallest absolute Gasteiger partial charge is 0.0725 e. The van der Waals surface area contributed by atoms with Crippen molar-refractivity contribution in [2.24, 2.45) is 0 Å². The van der Waals surface area contributed by atoms with E-state index >= 15 is 0 Å². The fourth-order valence-electron chi connectivity index (χ4n) is 2.46. The molecule has 0 bridgehead atoms. The van der Waals surface area contributed by atoms with Crippen LogP contribution in [-0.4, -0.2) is 7.05 Å². The van der Waals surface area contributed by atoms with Crippen molar-refractivity contribution < 1.29 is 4.74 Å². The van der Waals surface area contributed by atoms with Crippen LogP contribution in [0.1, 0.15) is 27.6 Å². The quantitative estimate of drug-likeness (QED) is 0.908. The lowest BCUT2D eigenvalue weighted by molar-refractivity contribution is 0.134. The number of rotatable bonds is 4. The Morgan fingerprint density at radius 1 is 1.32 bits per heavy atom. The van der Waals surface area contributed by atoms with Gasteiger partial charge in [-0.2, -0.15) is 0 Å². The molecule has 0 fully saturated rings. The van der Waals surface area contributed by atoms with E-state index in [0.29, 0.717) is 6.04 Å². The van der Waals surface area contributed by atoms with Crippen LogP contribution in [0.15, 0.2) is 34.1 Å². The van der Waals surface area contributed by atoms with Gasteiger partial charge in [0.1, 0.15) is 0 Å². The molecule has 1 N–H and O–H groups in total. The van der Waals surface area contributed by atoms with E-state index in [2.05, 4.69) is 50.9 Å². The molecule has 2 aromatic rings. The summed E-state index contributed by atoms with van der Waals surface area (Å²) in [5.74, 6) is 0. The van der Waals surface area contributed by atoms with Crippen LogP contribution in [0.3, 0.4) is 0 Å². The Labute approximate surface area is 125 Å². The summed E-state index contributed by atoms with van der Waals surface area (Å²) in [6, 6.07) is 9.26. The molecule has 0 aliphatic carbocycles. The summed E-state index contributed by atoms with van der Waals surface area (Å²) in [6.45, 7) is 1.52. The molecule has 1 aliphatic rings. The molecule has 1 aliphatic heterocycles. The summed E-state index contributed by atoms with van der Waals surface area (Å²) >= 11 is 5.32. The topological polar surface area (TPSA) is 21.3 Å². The van der Waals surface area contributed by atoms with E-state index in [1.165, 1.54) is 26.0 Å². The molecule has 1 aromatic heterocycles. The largest absolute Gasteiger partial charge is 0.372 e. The van der Waals surface area contributed by atoms with Crippen molar-refractivity contribution in [3.8, 4) is 0 Å². The molecule has 2 heterocycles. The van der Waals surface area contributed by atoms with Crippen LogP contribution < -0.4 is 5.32 Å². The lowest BCUT2D eigenvalue weighted by Crippen LogP contribution is -2.18. The van der Waals surface area contributed by atoms with E-state index in [4.69, 9.17) is 4.74 Å². The molecule has 19 heavy (non-hydrogen) atoms. The summed E-state index contributed by atoms with van der Waals surface area (Å²) < 4.78 is 6.65. The van der Waals surface area contributed by atoms with Gasteiger partial charge >= 0.3 is 0 Å². The zero-order valence-corrected chi connectivity index (χ0v) is 13.2. The van der Waals surface area contributed by atoms with Crippen molar-refractivity contribution in [3.63, 3.8) is 0 Å². The highest BCUT2D eigenvalue weighted by Crippen LogP contribution is 2.28. The highest BCUT2D eigenvalue weighted by Gasteiger charge is 2.16. The van der Waals surface area contributed by atoms with Gasteiger partial charge in [-0.25, -0.2) is 0 Å². The van der Waals surface area contributed by atoms with Crippen molar-refractivity contribution in [1.29, 1.82) is 0 Å². The molecule has 0 amide bonds. The molecule has 3 rings (SSSR count). The Morgan fingerprint density at radius 3 is 2.89 bits per heavy atom. The van der Waals surface area contributed by atoms with Gasteiger partial charge in [0.2, 0.25) is 0 Å². The first-order valence-electron chi connectivity index (χ1n) is 6.36. The van der Waals surface area contributed by atoms with Gasteiger partial charge in [-0.05, 0) is 45.7 Å². The van der Waals surface area contributed by atoms with Gasteiger partial charge in [0.15, 0.2) is 0 Å². The van der Waals surface area contributed by atoms with Crippen LogP contribution in [0.2, 0.25) is 0 Å². The van der Waals surface area contributed by atoms with Crippen LogP contribution in [-0.2, 0) is 24.4 Å². The lowest BCUT2D eigenvalue weighted by Gasteiger charge is -2.16. The van der Waals surface area contributed by atoms with Crippen LogP contribution in [0, 0.1) is 0 Å². The Kier molecular flexibility index (Phi) is 4.03. The number of halogens is 1. The molecule has 1 atom stereocenters. The Balaban J connectivity index is 1.82. The normalized spacial score (nSPS) is 15.5. The minimum absolute atomic E-state index is 0.358. The minimum atomic E-state index is 0.358. The monoisotopic (exact) mass is 337 g/mol. The number of hydrogen-bond donors (Lipinski definition) is 1. The van der Waals surface area contributed by atoms with E-state index in [0.717, 1.165) is 19.6 Å². The van der Waals surface area contributed by atoms with Gasteiger partial charge < -0.3 is 10.1 Å². The van der Waals surface area contributed by atoms with Crippen molar-refractivity contribution in [2.75, 3.05) is 7.05 Å². The van der Waals surface area contributed by atoms with Crippen molar-refractivity contribution in [2.45, 2.75) is 25.7 Å². The zero-order valence-electron chi connectivity index (χ0n) is 10.8. The first kappa shape index (κ1) is 13.3. The maximum absolute atomic E-state index is 5.48. The second-order valence-corrected chi connectivity index (χ2v) is 6.71. The van der Waals surface area contributed by atoms with E-state index in [-0.39, 0.29) is 0 Å². The SMILES string of the molecule is CNC(Cc1cc(Br)cs1)c1ccc2c(c1)COC2. The third-order valence-electron chi connectivity index (χ3n) is 3.52. The van der Waals surface area contributed by atoms with Gasteiger partial charge in [-0.1, -0.05) is 18.2 Å². The molecule has 0 saturated heterocycles. The van der Waals surface area contributed by atoms with Crippen LogP contribution >= 0.6 is 27.3 Å². The summed E-state index contributed by atoms with van der Waals surface area (Å²) in [5, 5.41) is 5.56. The number of hydrogen-bond acceptors (Lipinski definition) is 3. The summed E-state index contributed by atoms with van der Waals surface area (Å²) in [4.78, 5) is 1.39. The van der Waals surface area contributed by atoms with Gasteiger partial charge in [0.25, 0.3) is 0 Å². The standard InChI is InChI=1S/C15H16BrNOS/c1-17-15(6-14-5-13(16)9-19-14)10-2-3-11-7-18-8-12(11)4-10/h2-5,9,15,17H,6-8H2,1H3. The van der Waals surface area contributed by atoms with E-state index in [1.54, 1.807) is 11.3 Å². The van der Waals surface area contributed by atoms with Crippen molar-refractivity contribution >= 4 is 27.3 Å². The average molecular weight is 338 g/mol. The molecule has 0 radical (unpaired) electrons. The molecule has 0 saturated carbocycles. The highest BCUT2D eigenvalue weighted by molar-refractivity contribution is 9.10. The fourth-order valence-corrected chi connectivity index (χ4v) is 3.96. The average Bonchev–Trinajstić information content (AvgIpc) is 3.03. The summed E-state index contributed by atoms with van der Waals surface area (Å²) in [7, 11) is 2.02. The fraction of sp³-hybridized carbons (Fsp3) is 0.333. The number of thiophene rings is 1. The molecular formula is C15H16BrNOS. The maximum Gasteiger partial charge on any atom is 0.0725 e. The second-order valence-electron chi connectivity index (χ2n) is 4.80. The van der Waals surface area contributed by atoms with E-state index < -0.39 is 0 Å². The zero-order chi connectivity index (χ0) is 13.2. The Morgan fingerprint density at radius 2 is 2.16 bits per heavy atom. The van der Waals surface area contributed by atoms with E-state index in [1.807, 2.05) is 7.05 Å². The molecule has 0 spiro atoms. The molecular weight excluding hydrogens is 322 g/mol. The maximum atomic E-state index is 5.48. The second kappa shape index (κ2) is 5.75. The summed E-state index contributed by atoms with van der Waals surface area (Å²) in [6.07, 6.45) is 1.02. The van der Waals surface area contributed by atoms with Crippen molar-refractivity contribution in [1.82, 2.24) is 5.32 Å². The molecule has 1 aromatic carbocycles. The number of ether oxygens (including phenoxy) is 1. The number of benzene rings is 1. The van der Waals surface area contributed by atoms with Gasteiger partial charge in [-0.3, -0.25) is 0 Å². The van der Waals surface area contributed by atoms with Gasteiger partial charge in [-0.15, -0.1) is 11.3 Å². The Bertz CT molecular complexity index is 581. The molecule has 4 heteroatoms. The molecule has 1 unspecified atom stereocenters. The van der Waals surface area contributed by atoms with Gasteiger partial charge in [0.05, 0.1) is 13.2 Å². The minimum Gasteiger partial charge on any atom is -0.372 e. The first-order chi connectivity index (χ1) is 9.26. The first-order valence-corrected chi connectivity index (χ1v) is 8.03. The molecule has 2 nitrogen and oxygen atoms in total. The predicted octanol–water partition coefficient (Wildman–Crippen LogP) is 4.04. The predicted molar refractivity (Wildman–Crippen MR) is 82.5 cm³/mol. The number of fused-ring (bicyclic) bond motifs is 1. The highest BCUT2D eigenvalue weighted by atomic mass is 79.9. The summed E-state index contributed by atoms with van der Waals surface area (Å²) in [5.41, 5.74) is 4.01.